The van der Waals surface area contributed by atoms with E-state index in [1.54, 1.807) is 6.20 Å². The number of pyridine rings is 1. The maximum atomic E-state index is 10.6. The van der Waals surface area contributed by atoms with Crippen molar-refractivity contribution in [3.8, 4) is 0 Å². The monoisotopic (exact) mass is 327 g/mol. The number of aromatic nitrogens is 1. The number of hydrogen-bond donors (Lipinski definition) is 3. The fourth-order valence-electron chi connectivity index (χ4n) is 2.63. The molecule has 0 atom stereocenters. The molecule has 0 bridgehead atoms. The summed E-state index contributed by atoms with van der Waals surface area (Å²) in [5, 5.41) is 13.8. The van der Waals surface area contributed by atoms with Gasteiger partial charge < -0.3 is 16.2 Å². The predicted molar refractivity (Wildman–Crippen MR) is 82.0 cm³/mol. The summed E-state index contributed by atoms with van der Waals surface area (Å²) >= 11 is 3.42. The van der Waals surface area contributed by atoms with Crippen LogP contribution in [0.3, 0.4) is 0 Å². The molecule has 19 heavy (non-hydrogen) atoms. The van der Waals surface area contributed by atoms with Crippen LogP contribution in [-0.2, 0) is 0 Å². The Bertz CT molecular complexity index is 431. The zero-order valence-corrected chi connectivity index (χ0v) is 12.9. The lowest BCUT2D eigenvalue weighted by Gasteiger charge is -2.36. The Morgan fingerprint density at radius 3 is 2.79 bits per heavy atom. The van der Waals surface area contributed by atoms with E-state index in [0.29, 0.717) is 12.2 Å². The van der Waals surface area contributed by atoms with Gasteiger partial charge in [0.15, 0.2) is 0 Å². The summed E-state index contributed by atoms with van der Waals surface area (Å²) in [5.74, 6) is 1.52. The summed E-state index contributed by atoms with van der Waals surface area (Å²) in [4.78, 5) is 4.23. The Labute approximate surface area is 122 Å². The van der Waals surface area contributed by atoms with Crippen molar-refractivity contribution < 1.29 is 5.11 Å². The molecule has 0 amide bonds. The van der Waals surface area contributed by atoms with Crippen LogP contribution in [0.2, 0.25) is 0 Å². The van der Waals surface area contributed by atoms with Gasteiger partial charge in [-0.2, -0.15) is 0 Å². The van der Waals surface area contributed by atoms with Crippen molar-refractivity contribution in [2.24, 2.45) is 5.92 Å². The van der Waals surface area contributed by atoms with Gasteiger partial charge in [0.1, 0.15) is 5.82 Å². The highest BCUT2D eigenvalue weighted by molar-refractivity contribution is 9.10. The Balaban J connectivity index is 1.91. The second-order valence-electron chi connectivity index (χ2n) is 5.53. The largest absolute Gasteiger partial charge is 0.397 e. The number of halogens is 1. The van der Waals surface area contributed by atoms with Gasteiger partial charge in [0.2, 0.25) is 0 Å². The van der Waals surface area contributed by atoms with Gasteiger partial charge in [0.05, 0.1) is 22.0 Å². The molecule has 0 unspecified atom stereocenters. The first-order valence-electron chi connectivity index (χ1n) is 6.90. The smallest absolute Gasteiger partial charge is 0.140 e. The number of nitrogens with two attached hydrogens (primary N) is 1. The molecule has 5 heteroatoms. The van der Waals surface area contributed by atoms with Crippen molar-refractivity contribution in [1.82, 2.24) is 4.98 Å². The maximum Gasteiger partial charge on any atom is 0.140 e. The average molecular weight is 328 g/mol. The van der Waals surface area contributed by atoms with Crippen LogP contribution in [0.1, 0.15) is 39.0 Å². The Hall–Kier alpha value is -0.810. The molecule has 1 fully saturated rings. The van der Waals surface area contributed by atoms with E-state index in [4.69, 9.17) is 5.73 Å². The third-order valence-electron chi connectivity index (χ3n) is 4.06. The van der Waals surface area contributed by atoms with Gasteiger partial charge in [-0.3, -0.25) is 0 Å². The number of nitrogens with zero attached hydrogens (tertiary/aromatic N) is 1. The minimum atomic E-state index is -0.603. The molecular formula is C14H22BrN3O. The van der Waals surface area contributed by atoms with E-state index in [-0.39, 0.29) is 0 Å². The summed E-state index contributed by atoms with van der Waals surface area (Å²) in [5.41, 5.74) is 5.67. The lowest BCUT2D eigenvalue weighted by molar-refractivity contribution is 0.00222. The minimum Gasteiger partial charge on any atom is -0.397 e. The van der Waals surface area contributed by atoms with Gasteiger partial charge in [-0.25, -0.2) is 4.98 Å². The van der Waals surface area contributed by atoms with Gasteiger partial charge in [0.25, 0.3) is 0 Å². The predicted octanol–water partition coefficient (Wildman–Crippen LogP) is 3.17. The van der Waals surface area contributed by atoms with E-state index in [1.807, 2.05) is 6.07 Å². The highest BCUT2D eigenvalue weighted by Gasteiger charge is 2.32. The molecule has 4 nitrogen and oxygen atoms in total. The molecule has 0 saturated heterocycles. The van der Waals surface area contributed by atoms with Crippen LogP contribution in [0.4, 0.5) is 11.5 Å². The first kappa shape index (κ1) is 14.6. The molecule has 1 aliphatic carbocycles. The second kappa shape index (κ2) is 6.09. The average Bonchev–Trinajstić information content (AvgIpc) is 2.39. The standard InChI is InChI=1S/C14H22BrN3O/c1-2-10-3-5-14(19,6-4-10)9-18-13-12(15)7-11(16)8-17-13/h7-8,10,19H,2-6,9,16H2,1H3,(H,17,18). The van der Waals surface area contributed by atoms with E-state index < -0.39 is 5.60 Å². The molecule has 1 aromatic heterocycles. The van der Waals surface area contributed by atoms with Crippen LogP contribution in [0.5, 0.6) is 0 Å². The number of nitrogens with one attached hydrogen (secondary N) is 1. The van der Waals surface area contributed by atoms with E-state index >= 15 is 0 Å². The molecule has 1 aliphatic rings. The van der Waals surface area contributed by atoms with Crippen LogP contribution in [0.15, 0.2) is 16.7 Å². The van der Waals surface area contributed by atoms with Crippen LogP contribution >= 0.6 is 15.9 Å². The Morgan fingerprint density at radius 1 is 1.53 bits per heavy atom. The Morgan fingerprint density at radius 2 is 2.21 bits per heavy atom. The minimum absolute atomic E-state index is 0.541. The molecule has 106 valence electrons. The van der Waals surface area contributed by atoms with Crippen LogP contribution in [0.25, 0.3) is 0 Å². The van der Waals surface area contributed by atoms with Gasteiger partial charge in [-0.15, -0.1) is 0 Å². The third-order valence-corrected chi connectivity index (χ3v) is 4.66. The molecule has 0 spiro atoms. The first-order valence-corrected chi connectivity index (χ1v) is 7.69. The topological polar surface area (TPSA) is 71.2 Å². The number of rotatable bonds is 4. The van der Waals surface area contributed by atoms with Crippen molar-refractivity contribution in [3.05, 3.63) is 16.7 Å². The fourth-order valence-corrected chi connectivity index (χ4v) is 3.14. The van der Waals surface area contributed by atoms with Gasteiger partial charge >= 0.3 is 0 Å². The zero-order chi connectivity index (χ0) is 13.9. The number of anilines is 2. The number of nitrogen functional groups attached to an aromatic ring is 1. The van der Waals surface area contributed by atoms with Crippen molar-refractivity contribution in [1.29, 1.82) is 0 Å². The van der Waals surface area contributed by atoms with Crippen molar-refractivity contribution in [2.45, 2.75) is 44.6 Å². The summed E-state index contributed by atoms with van der Waals surface area (Å²) < 4.78 is 0.832. The summed E-state index contributed by atoms with van der Waals surface area (Å²) in [6.45, 7) is 2.77. The highest BCUT2D eigenvalue weighted by atomic mass is 79.9. The summed E-state index contributed by atoms with van der Waals surface area (Å²) in [7, 11) is 0. The number of hydrogen-bond acceptors (Lipinski definition) is 4. The van der Waals surface area contributed by atoms with Gasteiger partial charge in [-0.1, -0.05) is 13.3 Å². The molecule has 2 rings (SSSR count). The van der Waals surface area contributed by atoms with Crippen molar-refractivity contribution in [2.75, 3.05) is 17.6 Å². The molecule has 4 N–H and O–H groups in total. The number of aliphatic hydroxyl groups is 1. The molecule has 1 heterocycles. The van der Waals surface area contributed by atoms with Crippen LogP contribution in [-0.4, -0.2) is 22.2 Å². The van der Waals surface area contributed by atoms with E-state index in [9.17, 15) is 5.11 Å². The highest BCUT2D eigenvalue weighted by Crippen LogP contribution is 2.34. The van der Waals surface area contributed by atoms with E-state index in [1.165, 1.54) is 6.42 Å². The zero-order valence-electron chi connectivity index (χ0n) is 11.3. The second-order valence-corrected chi connectivity index (χ2v) is 6.38. The molecule has 1 saturated carbocycles. The van der Waals surface area contributed by atoms with Gasteiger partial charge in [-0.05, 0) is 53.6 Å². The summed E-state index contributed by atoms with van der Waals surface area (Å²) in [6, 6.07) is 1.81. The first-order chi connectivity index (χ1) is 9.02. The lowest BCUT2D eigenvalue weighted by atomic mass is 9.78. The molecule has 0 aromatic carbocycles. The van der Waals surface area contributed by atoms with Crippen molar-refractivity contribution in [3.63, 3.8) is 0 Å². The van der Waals surface area contributed by atoms with E-state index in [0.717, 1.165) is 41.9 Å². The third kappa shape index (κ3) is 3.83. The van der Waals surface area contributed by atoms with E-state index in [2.05, 4.69) is 33.2 Å². The quantitative estimate of drug-likeness (QED) is 0.794. The fraction of sp³-hybridized carbons (Fsp3) is 0.643. The maximum absolute atomic E-state index is 10.6. The molecule has 0 radical (unpaired) electrons. The molecular weight excluding hydrogens is 306 g/mol. The SMILES string of the molecule is CCC1CCC(O)(CNc2ncc(N)cc2Br)CC1. The summed E-state index contributed by atoms with van der Waals surface area (Å²) in [6.07, 6.45) is 6.80. The molecule has 1 aromatic rings. The lowest BCUT2D eigenvalue weighted by Crippen LogP contribution is -2.40. The van der Waals surface area contributed by atoms with Gasteiger partial charge in [0, 0.05) is 6.54 Å². The van der Waals surface area contributed by atoms with Crippen LogP contribution < -0.4 is 11.1 Å². The normalized spacial score (nSPS) is 27.2. The Kier molecular flexibility index (Phi) is 4.68. The van der Waals surface area contributed by atoms with Crippen molar-refractivity contribution >= 4 is 27.4 Å². The van der Waals surface area contributed by atoms with Crippen LogP contribution in [0, 0.1) is 5.92 Å². The molecule has 0 aliphatic heterocycles.